The third-order valence-electron chi connectivity index (χ3n) is 2.68. The molecule has 0 saturated carbocycles. The molecule has 0 spiro atoms. The molecule has 0 radical (unpaired) electrons. The Balaban J connectivity index is 2.10. The highest BCUT2D eigenvalue weighted by Gasteiger charge is 2.33. The van der Waals surface area contributed by atoms with Gasteiger partial charge in [0.1, 0.15) is 12.4 Å². The second-order valence-corrected chi connectivity index (χ2v) is 5.88. The number of pyridine rings is 1. The standard InChI is InChI=1S/C12H15N3O6S/c1-2-20-11(16)8-9-4-3-5-10(13-9)14-22(18,19)15-6-7-21-12(15)17/h3-5H,2,6-8H2,1H3,(H,13,14). The molecule has 0 bridgehead atoms. The van der Waals surface area contributed by atoms with Crippen LogP contribution in [-0.4, -0.2) is 49.5 Å². The summed E-state index contributed by atoms with van der Waals surface area (Å²) in [4.78, 5) is 26.7. The average Bonchev–Trinajstić information content (AvgIpc) is 2.86. The van der Waals surface area contributed by atoms with Crippen molar-refractivity contribution in [1.29, 1.82) is 0 Å². The topological polar surface area (TPSA) is 115 Å². The van der Waals surface area contributed by atoms with Gasteiger partial charge in [-0.2, -0.15) is 12.7 Å². The molecule has 1 aromatic heterocycles. The van der Waals surface area contributed by atoms with Crippen LogP contribution < -0.4 is 4.72 Å². The minimum absolute atomic E-state index is 0.00139. The van der Waals surface area contributed by atoms with Crippen molar-refractivity contribution in [2.45, 2.75) is 13.3 Å². The molecule has 22 heavy (non-hydrogen) atoms. The number of amides is 1. The van der Waals surface area contributed by atoms with Crippen LogP contribution >= 0.6 is 0 Å². The predicted molar refractivity (Wildman–Crippen MR) is 75.2 cm³/mol. The van der Waals surface area contributed by atoms with Gasteiger partial charge in [0.05, 0.1) is 25.3 Å². The molecule has 1 fully saturated rings. The van der Waals surface area contributed by atoms with Crippen LogP contribution in [0.3, 0.4) is 0 Å². The van der Waals surface area contributed by atoms with Crippen molar-refractivity contribution in [3.05, 3.63) is 23.9 Å². The number of anilines is 1. The number of carbonyl (C=O) groups is 2. The molecule has 1 aliphatic heterocycles. The summed E-state index contributed by atoms with van der Waals surface area (Å²) in [7, 11) is -4.09. The van der Waals surface area contributed by atoms with E-state index in [1.807, 2.05) is 0 Å². The Hall–Kier alpha value is -2.36. The fourth-order valence-corrected chi connectivity index (χ4v) is 2.83. The Kier molecular flexibility index (Phi) is 4.81. The number of cyclic esters (lactones) is 1. The maximum atomic E-state index is 12.0. The van der Waals surface area contributed by atoms with E-state index in [-0.39, 0.29) is 32.0 Å². The molecule has 0 aliphatic carbocycles. The van der Waals surface area contributed by atoms with Gasteiger partial charge in [-0.1, -0.05) is 6.07 Å². The first-order chi connectivity index (χ1) is 10.4. The van der Waals surface area contributed by atoms with Crippen LogP contribution in [0.4, 0.5) is 10.6 Å². The van der Waals surface area contributed by atoms with E-state index in [2.05, 4.69) is 14.4 Å². The fraction of sp³-hybridized carbons (Fsp3) is 0.417. The molecular formula is C12H15N3O6S. The van der Waals surface area contributed by atoms with E-state index in [1.54, 1.807) is 19.1 Å². The van der Waals surface area contributed by atoms with Gasteiger partial charge in [-0.15, -0.1) is 0 Å². The van der Waals surface area contributed by atoms with Crippen molar-refractivity contribution in [2.24, 2.45) is 0 Å². The minimum Gasteiger partial charge on any atom is -0.466 e. The van der Waals surface area contributed by atoms with Gasteiger partial charge in [-0.25, -0.2) is 14.5 Å². The van der Waals surface area contributed by atoms with Crippen molar-refractivity contribution in [2.75, 3.05) is 24.5 Å². The molecular weight excluding hydrogens is 314 g/mol. The highest BCUT2D eigenvalue weighted by atomic mass is 32.2. The maximum absolute atomic E-state index is 12.0. The zero-order chi connectivity index (χ0) is 16.2. The molecule has 10 heteroatoms. The van der Waals surface area contributed by atoms with Crippen LogP contribution in [0, 0.1) is 0 Å². The highest BCUT2D eigenvalue weighted by molar-refractivity contribution is 7.90. The van der Waals surface area contributed by atoms with Crippen LogP contribution in [-0.2, 0) is 30.9 Å². The summed E-state index contributed by atoms with van der Waals surface area (Å²) in [6.45, 7) is 1.89. The van der Waals surface area contributed by atoms with Crippen LogP contribution in [0.5, 0.6) is 0 Å². The van der Waals surface area contributed by atoms with Gasteiger partial charge in [0.25, 0.3) is 0 Å². The Morgan fingerprint density at radius 1 is 1.50 bits per heavy atom. The van der Waals surface area contributed by atoms with Crippen molar-refractivity contribution >= 4 is 28.1 Å². The number of rotatable bonds is 6. The van der Waals surface area contributed by atoms with Gasteiger partial charge in [-0.3, -0.25) is 4.79 Å². The van der Waals surface area contributed by atoms with Gasteiger partial charge in [-0.05, 0) is 19.1 Å². The molecule has 1 saturated heterocycles. The first-order valence-electron chi connectivity index (χ1n) is 6.51. The van der Waals surface area contributed by atoms with E-state index in [0.29, 0.717) is 10.00 Å². The molecule has 2 heterocycles. The zero-order valence-electron chi connectivity index (χ0n) is 11.8. The Morgan fingerprint density at radius 3 is 2.91 bits per heavy atom. The van der Waals surface area contributed by atoms with E-state index in [4.69, 9.17) is 4.74 Å². The quantitative estimate of drug-likeness (QED) is 0.746. The third kappa shape index (κ3) is 3.85. The maximum Gasteiger partial charge on any atom is 0.425 e. The number of nitrogens with one attached hydrogen (secondary N) is 1. The monoisotopic (exact) mass is 329 g/mol. The Labute approximate surface area is 127 Å². The van der Waals surface area contributed by atoms with E-state index < -0.39 is 22.3 Å². The number of nitrogens with zero attached hydrogens (tertiary/aromatic N) is 2. The van der Waals surface area contributed by atoms with Gasteiger partial charge in [0, 0.05) is 0 Å². The van der Waals surface area contributed by atoms with Gasteiger partial charge in [0.15, 0.2) is 0 Å². The van der Waals surface area contributed by atoms with Crippen molar-refractivity contribution in [3.63, 3.8) is 0 Å². The first-order valence-corrected chi connectivity index (χ1v) is 7.95. The number of carbonyl (C=O) groups excluding carboxylic acids is 2. The summed E-state index contributed by atoms with van der Waals surface area (Å²) in [6, 6.07) is 4.52. The van der Waals surface area contributed by atoms with Gasteiger partial charge < -0.3 is 9.47 Å². The van der Waals surface area contributed by atoms with Crippen LogP contribution in [0.1, 0.15) is 12.6 Å². The van der Waals surface area contributed by atoms with E-state index in [9.17, 15) is 18.0 Å². The van der Waals surface area contributed by atoms with Crippen LogP contribution in [0.25, 0.3) is 0 Å². The van der Waals surface area contributed by atoms with Gasteiger partial charge >= 0.3 is 22.3 Å². The lowest BCUT2D eigenvalue weighted by molar-refractivity contribution is -0.142. The van der Waals surface area contributed by atoms with E-state index >= 15 is 0 Å². The summed E-state index contributed by atoms with van der Waals surface area (Å²) in [5.41, 5.74) is 0.350. The molecule has 2 rings (SSSR count). The molecule has 0 unspecified atom stereocenters. The van der Waals surface area contributed by atoms with Crippen molar-refractivity contribution in [3.8, 4) is 0 Å². The number of aromatic nitrogens is 1. The molecule has 120 valence electrons. The summed E-state index contributed by atoms with van der Waals surface area (Å²) >= 11 is 0. The Bertz CT molecular complexity index is 675. The SMILES string of the molecule is CCOC(=O)Cc1cccc(NS(=O)(=O)N2CCOC2=O)n1. The predicted octanol–water partition coefficient (Wildman–Crippen LogP) is 0.296. The normalized spacial score (nSPS) is 14.6. The first kappa shape index (κ1) is 16.0. The molecule has 1 aromatic rings. The second-order valence-electron chi connectivity index (χ2n) is 4.29. The molecule has 0 aromatic carbocycles. The molecule has 0 atom stereocenters. The largest absolute Gasteiger partial charge is 0.466 e. The van der Waals surface area contributed by atoms with E-state index in [1.165, 1.54) is 6.07 Å². The molecule has 1 aliphatic rings. The zero-order valence-corrected chi connectivity index (χ0v) is 12.6. The number of hydrogen-bond acceptors (Lipinski definition) is 7. The smallest absolute Gasteiger partial charge is 0.425 e. The summed E-state index contributed by atoms with van der Waals surface area (Å²) in [6.07, 6.45) is -1.01. The van der Waals surface area contributed by atoms with Crippen molar-refractivity contribution < 1.29 is 27.5 Å². The van der Waals surface area contributed by atoms with Crippen molar-refractivity contribution in [1.82, 2.24) is 9.29 Å². The molecule has 9 nitrogen and oxygen atoms in total. The van der Waals surface area contributed by atoms with Crippen LogP contribution in [0.15, 0.2) is 18.2 Å². The lowest BCUT2D eigenvalue weighted by atomic mass is 10.3. The lowest BCUT2D eigenvalue weighted by Crippen LogP contribution is -2.36. The Morgan fingerprint density at radius 2 is 2.27 bits per heavy atom. The second kappa shape index (κ2) is 6.60. The van der Waals surface area contributed by atoms with E-state index in [0.717, 1.165) is 0 Å². The number of ether oxygens (including phenoxy) is 2. The summed E-state index contributed by atoms with van der Waals surface area (Å²) in [5, 5.41) is 0. The molecule has 1 amide bonds. The minimum atomic E-state index is -4.09. The third-order valence-corrected chi connectivity index (χ3v) is 4.06. The number of esters is 1. The fourth-order valence-electron chi connectivity index (χ4n) is 1.78. The lowest BCUT2D eigenvalue weighted by Gasteiger charge is -2.14. The average molecular weight is 329 g/mol. The van der Waals surface area contributed by atoms with Gasteiger partial charge in [0.2, 0.25) is 0 Å². The van der Waals surface area contributed by atoms with Crippen LogP contribution in [0.2, 0.25) is 0 Å². The highest BCUT2D eigenvalue weighted by Crippen LogP contribution is 2.14. The summed E-state index contributed by atoms with van der Waals surface area (Å²) < 4.78 is 36.2. The molecule has 1 N–H and O–H groups in total. The number of hydrogen-bond donors (Lipinski definition) is 1. The summed E-state index contributed by atoms with van der Waals surface area (Å²) in [5.74, 6) is -0.459.